The molecule has 0 radical (unpaired) electrons. The van der Waals surface area contributed by atoms with Gasteiger partial charge < -0.3 is 4.42 Å². The molecule has 0 atom stereocenters. The van der Waals surface area contributed by atoms with Crippen LogP contribution in [0.25, 0.3) is 11.0 Å². The van der Waals surface area contributed by atoms with Crippen LogP contribution in [0.4, 0.5) is 0 Å². The number of para-hydroxylation sites is 1. The molecule has 0 spiro atoms. The standard InChI is InChI=1S/C22H24N2O6S2/c1-22(12-10-15(11-13-22)18-14-16-6-2-3-7-17(16)30-18)21(25)24-32(28,29)20-9-5-4-8-19(20)31(23,26)27/h2-9,14-15H,10-13H2,1H3,(H,24,25)(H2,23,26,27)/t15-,22-. The first-order chi connectivity index (χ1) is 15.0. The van der Waals surface area contributed by atoms with Gasteiger partial charge in [-0.05, 0) is 49.9 Å². The molecule has 170 valence electrons. The molecule has 1 heterocycles. The summed E-state index contributed by atoms with van der Waals surface area (Å²) in [6.45, 7) is 1.72. The van der Waals surface area contributed by atoms with E-state index in [0.717, 1.165) is 28.9 Å². The first-order valence-electron chi connectivity index (χ1n) is 10.2. The van der Waals surface area contributed by atoms with Crippen molar-refractivity contribution in [2.24, 2.45) is 10.6 Å². The van der Waals surface area contributed by atoms with E-state index in [1.165, 1.54) is 12.1 Å². The molecular formula is C22H24N2O6S2. The molecule has 1 amide bonds. The molecule has 0 bridgehead atoms. The Bertz CT molecular complexity index is 1350. The van der Waals surface area contributed by atoms with Gasteiger partial charge in [-0.3, -0.25) is 4.79 Å². The monoisotopic (exact) mass is 476 g/mol. The summed E-state index contributed by atoms with van der Waals surface area (Å²) in [5.41, 5.74) is -0.0975. The van der Waals surface area contributed by atoms with Gasteiger partial charge in [0.2, 0.25) is 15.9 Å². The number of carbonyl (C=O) groups is 1. The smallest absolute Gasteiger partial charge is 0.265 e. The molecule has 2 aromatic carbocycles. The number of amides is 1. The fourth-order valence-electron chi connectivity index (χ4n) is 4.18. The molecule has 8 nitrogen and oxygen atoms in total. The van der Waals surface area contributed by atoms with Crippen molar-refractivity contribution in [1.29, 1.82) is 0 Å². The number of carbonyl (C=O) groups excluding carboxylic acids is 1. The number of hydrogen-bond donors (Lipinski definition) is 2. The van der Waals surface area contributed by atoms with Gasteiger partial charge in [0.05, 0.1) is 0 Å². The van der Waals surface area contributed by atoms with Gasteiger partial charge in [-0.15, -0.1) is 0 Å². The van der Waals surface area contributed by atoms with E-state index in [1.807, 2.05) is 30.3 Å². The number of sulfonamides is 2. The highest BCUT2D eigenvalue weighted by molar-refractivity contribution is 7.92. The number of fused-ring (bicyclic) bond motifs is 1. The second-order valence-electron chi connectivity index (χ2n) is 8.45. The van der Waals surface area contributed by atoms with Gasteiger partial charge in [-0.25, -0.2) is 26.7 Å². The molecule has 1 fully saturated rings. The van der Waals surface area contributed by atoms with E-state index < -0.39 is 41.2 Å². The molecule has 0 aliphatic heterocycles. The lowest BCUT2D eigenvalue weighted by atomic mass is 9.71. The highest BCUT2D eigenvalue weighted by Crippen LogP contribution is 2.44. The topological polar surface area (TPSA) is 137 Å². The average molecular weight is 477 g/mol. The largest absolute Gasteiger partial charge is 0.461 e. The van der Waals surface area contributed by atoms with Crippen LogP contribution >= 0.6 is 0 Å². The summed E-state index contributed by atoms with van der Waals surface area (Å²) in [4.78, 5) is 11.9. The van der Waals surface area contributed by atoms with Crippen LogP contribution < -0.4 is 9.86 Å². The molecule has 0 saturated heterocycles. The van der Waals surface area contributed by atoms with Crippen molar-refractivity contribution < 1.29 is 26.0 Å². The van der Waals surface area contributed by atoms with Crippen LogP contribution in [0.1, 0.15) is 44.3 Å². The van der Waals surface area contributed by atoms with Crippen molar-refractivity contribution in [3.05, 3.63) is 60.4 Å². The Balaban J connectivity index is 1.50. The van der Waals surface area contributed by atoms with Gasteiger partial charge in [0, 0.05) is 16.7 Å². The van der Waals surface area contributed by atoms with E-state index in [1.54, 1.807) is 6.92 Å². The number of nitrogens with two attached hydrogens (primary N) is 1. The average Bonchev–Trinajstić information content (AvgIpc) is 3.17. The highest BCUT2D eigenvalue weighted by Gasteiger charge is 2.41. The van der Waals surface area contributed by atoms with Gasteiger partial charge in [-0.1, -0.05) is 37.3 Å². The number of benzene rings is 2. The summed E-state index contributed by atoms with van der Waals surface area (Å²) in [6, 6.07) is 14.7. The van der Waals surface area contributed by atoms with Gasteiger partial charge in [0.25, 0.3) is 10.0 Å². The fraction of sp³-hybridized carbons (Fsp3) is 0.318. The maximum Gasteiger partial charge on any atom is 0.265 e. The summed E-state index contributed by atoms with van der Waals surface area (Å²) in [7, 11) is -8.70. The minimum atomic E-state index is -4.42. The SMILES string of the molecule is C[C@]1(C(=O)NS(=O)(=O)c2ccccc2S(N)(=O)=O)CC[C@H](c2cc3ccccc3o2)CC1. The quantitative estimate of drug-likeness (QED) is 0.580. The summed E-state index contributed by atoms with van der Waals surface area (Å²) < 4.78 is 57.2. The summed E-state index contributed by atoms with van der Waals surface area (Å²) >= 11 is 0. The fourth-order valence-corrected chi connectivity index (χ4v) is 6.66. The van der Waals surface area contributed by atoms with E-state index in [4.69, 9.17) is 9.56 Å². The first kappa shape index (κ1) is 22.5. The normalized spacial score (nSPS) is 22.0. The minimum Gasteiger partial charge on any atom is -0.461 e. The first-order valence-corrected chi connectivity index (χ1v) is 13.2. The second-order valence-corrected chi connectivity index (χ2v) is 11.6. The lowest BCUT2D eigenvalue weighted by Gasteiger charge is -2.35. The lowest BCUT2D eigenvalue weighted by molar-refractivity contribution is -0.130. The number of hydrogen-bond acceptors (Lipinski definition) is 6. The Hall–Kier alpha value is -2.69. The predicted octanol–water partition coefficient (Wildman–Crippen LogP) is 3.25. The minimum absolute atomic E-state index is 0.142. The third-order valence-electron chi connectivity index (χ3n) is 6.16. The van der Waals surface area contributed by atoms with Gasteiger partial charge in [0.1, 0.15) is 21.1 Å². The van der Waals surface area contributed by atoms with Crippen LogP contribution in [0.3, 0.4) is 0 Å². The number of furan rings is 1. The van der Waals surface area contributed by atoms with E-state index in [-0.39, 0.29) is 5.92 Å². The predicted molar refractivity (Wildman–Crippen MR) is 119 cm³/mol. The summed E-state index contributed by atoms with van der Waals surface area (Å²) in [5.74, 6) is 0.344. The van der Waals surface area contributed by atoms with Crippen molar-refractivity contribution >= 4 is 36.9 Å². The maximum atomic E-state index is 13.0. The zero-order chi connectivity index (χ0) is 23.1. The molecule has 4 rings (SSSR count). The Morgan fingerprint density at radius 2 is 1.59 bits per heavy atom. The second kappa shape index (κ2) is 8.02. The van der Waals surface area contributed by atoms with E-state index in [9.17, 15) is 21.6 Å². The van der Waals surface area contributed by atoms with Gasteiger partial charge in [0.15, 0.2) is 0 Å². The van der Waals surface area contributed by atoms with Crippen molar-refractivity contribution in [3.8, 4) is 0 Å². The van der Waals surface area contributed by atoms with Crippen molar-refractivity contribution in [2.45, 2.75) is 48.3 Å². The zero-order valence-corrected chi connectivity index (χ0v) is 19.1. The van der Waals surface area contributed by atoms with Crippen LogP contribution in [0.15, 0.2) is 68.8 Å². The molecule has 1 aromatic heterocycles. The Morgan fingerprint density at radius 1 is 1.00 bits per heavy atom. The molecule has 0 unspecified atom stereocenters. The number of rotatable bonds is 5. The Kier molecular flexibility index (Phi) is 5.64. The van der Waals surface area contributed by atoms with Gasteiger partial charge in [-0.2, -0.15) is 0 Å². The summed E-state index contributed by atoms with van der Waals surface area (Å²) in [6.07, 6.45) is 2.26. The summed E-state index contributed by atoms with van der Waals surface area (Å²) in [5, 5.41) is 6.16. The Labute approximate surface area is 186 Å². The van der Waals surface area contributed by atoms with Crippen LogP contribution in [0, 0.1) is 5.41 Å². The van der Waals surface area contributed by atoms with E-state index in [2.05, 4.69) is 4.72 Å². The van der Waals surface area contributed by atoms with Gasteiger partial charge >= 0.3 is 0 Å². The third-order valence-corrected chi connectivity index (χ3v) is 8.64. The van der Waals surface area contributed by atoms with Crippen LogP contribution in [-0.4, -0.2) is 22.7 Å². The molecule has 1 saturated carbocycles. The number of primary sulfonamides is 1. The van der Waals surface area contributed by atoms with Crippen LogP contribution in [0.5, 0.6) is 0 Å². The van der Waals surface area contributed by atoms with E-state index in [0.29, 0.717) is 25.7 Å². The molecule has 1 aliphatic carbocycles. The van der Waals surface area contributed by atoms with Crippen molar-refractivity contribution in [1.82, 2.24) is 4.72 Å². The molecule has 10 heteroatoms. The molecule has 3 N–H and O–H groups in total. The number of nitrogens with one attached hydrogen (secondary N) is 1. The molecule has 1 aliphatic rings. The van der Waals surface area contributed by atoms with Crippen LogP contribution in [-0.2, 0) is 24.8 Å². The maximum absolute atomic E-state index is 13.0. The molecular weight excluding hydrogens is 452 g/mol. The van der Waals surface area contributed by atoms with Crippen molar-refractivity contribution in [3.63, 3.8) is 0 Å². The van der Waals surface area contributed by atoms with Crippen LogP contribution in [0.2, 0.25) is 0 Å². The Morgan fingerprint density at radius 3 is 2.22 bits per heavy atom. The third kappa shape index (κ3) is 4.30. The molecule has 3 aromatic rings. The van der Waals surface area contributed by atoms with E-state index >= 15 is 0 Å². The van der Waals surface area contributed by atoms with Crippen molar-refractivity contribution in [2.75, 3.05) is 0 Å². The highest BCUT2D eigenvalue weighted by atomic mass is 32.2. The zero-order valence-electron chi connectivity index (χ0n) is 17.4. The lowest BCUT2D eigenvalue weighted by Crippen LogP contribution is -2.44. The molecule has 32 heavy (non-hydrogen) atoms.